The maximum atomic E-state index is 12.7. The highest BCUT2D eigenvalue weighted by molar-refractivity contribution is 5.76. The zero-order valence-electron chi connectivity index (χ0n) is 15.2. The third kappa shape index (κ3) is 7.85. The van der Waals surface area contributed by atoms with Crippen molar-refractivity contribution >= 4 is 5.91 Å². The summed E-state index contributed by atoms with van der Waals surface area (Å²) in [6.45, 7) is 14.8. The first kappa shape index (κ1) is 20.4. The van der Waals surface area contributed by atoms with Crippen LogP contribution in [-0.4, -0.2) is 29.9 Å². The van der Waals surface area contributed by atoms with E-state index in [0.29, 0.717) is 36.1 Å². The van der Waals surface area contributed by atoms with Crippen molar-refractivity contribution < 1.29 is 4.79 Å². The van der Waals surface area contributed by atoms with Crippen LogP contribution in [0, 0.1) is 17.8 Å². The van der Waals surface area contributed by atoms with Crippen molar-refractivity contribution in [2.45, 2.75) is 79.7 Å². The quantitative estimate of drug-likeness (QED) is 0.625. The normalized spacial score (nSPS) is 13.2. The van der Waals surface area contributed by atoms with E-state index < -0.39 is 0 Å². The maximum absolute atomic E-state index is 12.7. The van der Waals surface area contributed by atoms with E-state index in [1.54, 1.807) is 0 Å². The van der Waals surface area contributed by atoms with Gasteiger partial charge in [-0.05, 0) is 50.0 Å². The molecule has 0 aliphatic heterocycles. The minimum absolute atomic E-state index is 0.333. The molecule has 0 aliphatic carbocycles. The predicted molar refractivity (Wildman–Crippen MR) is 92.2 cm³/mol. The lowest BCUT2D eigenvalue weighted by atomic mass is 9.88. The van der Waals surface area contributed by atoms with Crippen LogP contribution in [0.4, 0.5) is 0 Å². The van der Waals surface area contributed by atoms with Crippen molar-refractivity contribution in [1.82, 2.24) is 4.90 Å². The number of hydrogen-bond acceptors (Lipinski definition) is 2. The fourth-order valence-corrected chi connectivity index (χ4v) is 3.05. The van der Waals surface area contributed by atoms with E-state index in [-0.39, 0.29) is 0 Å². The topological polar surface area (TPSA) is 46.3 Å². The van der Waals surface area contributed by atoms with Gasteiger partial charge in [0.2, 0.25) is 5.91 Å². The Morgan fingerprint density at radius 2 is 1.62 bits per heavy atom. The van der Waals surface area contributed by atoms with Gasteiger partial charge in [-0.1, -0.05) is 41.5 Å². The summed E-state index contributed by atoms with van der Waals surface area (Å²) in [5.41, 5.74) is 5.70. The molecule has 0 fully saturated rings. The molecule has 0 bridgehead atoms. The third-order valence-corrected chi connectivity index (χ3v) is 4.47. The second kappa shape index (κ2) is 11.1. The fourth-order valence-electron chi connectivity index (χ4n) is 3.05. The minimum atomic E-state index is 0.333. The Kier molecular flexibility index (Phi) is 10.8. The second-order valence-corrected chi connectivity index (χ2v) is 7.03. The van der Waals surface area contributed by atoms with Crippen molar-refractivity contribution in [1.29, 1.82) is 0 Å². The fraction of sp³-hybridized carbons (Fsp3) is 0.944. The molecular formula is C18H38N2O. The van der Waals surface area contributed by atoms with Gasteiger partial charge in [-0.2, -0.15) is 0 Å². The Morgan fingerprint density at radius 1 is 1.05 bits per heavy atom. The molecule has 0 heterocycles. The van der Waals surface area contributed by atoms with Gasteiger partial charge in [-0.3, -0.25) is 4.79 Å². The van der Waals surface area contributed by atoms with Crippen LogP contribution in [0.15, 0.2) is 0 Å². The van der Waals surface area contributed by atoms with Gasteiger partial charge < -0.3 is 10.6 Å². The van der Waals surface area contributed by atoms with Gasteiger partial charge in [0.05, 0.1) is 0 Å². The highest BCUT2D eigenvalue weighted by Gasteiger charge is 2.23. The molecular weight excluding hydrogens is 260 g/mol. The molecule has 126 valence electrons. The minimum Gasteiger partial charge on any atom is -0.339 e. The summed E-state index contributed by atoms with van der Waals surface area (Å²) in [5, 5.41) is 0. The first-order chi connectivity index (χ1) is 9.87. The Bertz CT molecular complexity index is 272. The van der Waals surface area contributed by atoms with Crippen LogP contribution < -0.4 is 5.73 Å². The molecule has 21 heavy (non-hydrogen) atoms. The van der Waals surface area contributed by atoms with Gasteiger partial charge in [0.25, 0.3) is 0 Å². The molecule has 0 radical (unpaired) electrons. The molecule has 0 saturated carbocycles. The molecule has 0 aromatic heterocycles. The molecule has 0 aliphatic rings. The van der Waals surface area contributed by atoms with Crippen LogP contribution in [0.5, 0.6) is 0 Å². The van der Waals surface area contributed by atoms with Gasteiger partial charge in [-0.15, -0.1) is 0 Å². The van der Waals surface area contributed by atoms with Gasteiger partial charge >= 0.3 is 0 Å². The zero-order valence-corrected chi connectivity index (χ0v) is 15.2. The number of nitrogens with two attached hydrogens (primary N) is 1. The smallest absolute Gasteiger partial charge is 0.222 e. The van der Waals surface area contributed by atoms with E-state index in [2.05, 4.69) is 46.4 Å². The molecule has 0 aromatic carbocycles. The Labute approximate surface area is 132 Å². The van der Waals surface area contributed by atoms with Crippen LogP contribution in [0.1, 0.15) is 73.6 Å². The number of rotatable bonds is 11. The Hall–Kier alpha value is -0.570. The van der Waals surface area contributed by atoms with E-state index >= 15 is 0 Å². The van der Waals surface area contributed by atoms with E-state index in [4.69, 9.17) is 5.73 Å². The third-order valence-electron chi connectivity index (χ3n) is 4.47. The van der Waals surface area contributed by atoms with E-state index in [0.717, 1.165) is 38.8 Å². The van der Waals surface area contributed by atoms with Crippen molar-refractivity contribution in [2.75, 3.05) is 13.1 Å². The summed E-state index contributed by atoms with van der Waals surface area (Å²) in [6, 6.07) is 0.395. The average molecular weight is 299 g/mol. The predicted octanol–water partition coefficient (Wildman–Crippen LogP) is 4.06. The largest absolute Gasteiger partial charge is 0.339 e. The van der Waals surface area contributed by atoms with Gasteiger partial charge in [0, 0.05) is 19.0 Å². The van der Waals surface area contributed by atoms with Gasteiger partial charge in [0.15, 0.2) is 0 Å². The van der Waals surface area contributed by atoms with Crippen molar-refractivity contribution in [3.63, 3.8) is 0 Å². The molecule has 0 aromatic rings. The first-order valence-corrected chi connectivity index (χ1v) is 8.86. The summed E-state index contributed by atoms with van der Waals surface area (Å²) < 4.78 is 0. The molecule has 2 N–H and O–H groups in total. The molecule has 0 rings (SSSR count). The van der Waals surface area contributed by atoms with Crippen molar-refractivity contribution in [3.05, 3.63) is 0 Å². The van der Waals surface area contributed by atoms with Crippen LogP contribution in [0.2, 0.25) is 0 Å². The number of amides is 1. The standard InChI is InChI=1S/C18H38N2O/c1-7-17(8-2)20(13-14(3)4)18(21)10-9-16(11-12-19)15(5)6/h14-17H,7-13,19H2,1-6H3. The summed E-state index contributed by atoms with van der Waals surface area (Å²) in [7, 11) is 0. The van der Waals surface area contributed by atoms with E-state index in [9.17, 15) is 4.79 Å². The summed E-state index contributed by atoms with van der Waals surface area (Å²) in [4.78, 5) is 14.8. The van der Waals surface area contributed by atoms with Crippen LogP contribution in [0.3, 0.4) is 0 Å². The van der Waals surface area contributed by atoms with Gasteiger partial charge in [0.1, 0.15) is 0 Å². The lowest BCUT2D eigenvalue weighted by Gasteiger charge is -2.33. The maximum Gasteiger partial charge on any atom is 0.222 e. The highest BCUT2D eigenvalue weighted by atomic mass is 16.2. The molecule has 1 atom stereocenters. The Balaban J connectivity index is 4.65. The van der Waals surface area contributed by atoms with E-state index in [1.807, 2.05) is 0 Å². The van der Waals surface area contributed by atoms with Crippen molar-refractivity contribution in [3.8, 4) is 0 Å². The summed E-state index contributed by atoms with van der Waals surface area (Å²) >= 11 is 0. The van der Waals surface area contributed by atoms with Crippen LogP contribution in [0.25, 0.3) is 0 Å². The lowest BCUT2D eigenvalue weighted by Crippen LogP contribution is -2.42. The SMILES string of the molecule is CCC(CC)N(CC(C)C)C(=O)CCC(CCN)C(C)C. The van der Waals surface area contributed by atoms with Crippen molar-refractivity contribution in [2.24, 2.45) is 23.5 Å². The first-order valence-electron chi connectivity index (χ1n) is 8.86. The summed E-state index contributed by atoms with van der Waals surface area (Å²) in [5.74, 6) is 2.04. The lowest BCUT2D eigenvalue weighted by molar-refractivity contribution is -0.134. The average Bonchev–Trinajstić information content (AvgIpc) is 2.42. The van der Waals surface area contributed by atoms with Gasteiger partial charge in [-0.25, -0.2) is 0 Å². The highest BCUT2D eigenvalue weighted by Crippen LogP contribution is 2.22. The molecule has 1 amide bonds. The number of carbonyl (C=O) groups is 1. The monoisotopic (exact) mass is 298 g/mol. The van der Waals surface area contributed by atoms with E-state index in [1.165, 1.54) is 0 Å². The molecule has 3 heteroatoms. The number of hydrogen-bond donors (Lipinski definition) is 1. The Morgan fingerprint density at radius 3 is 2.00 bits per heavy atom. The molecule has 0 spiro atoms. The van der Waals surface area contributed by atoms with Crippen LogP contribution in [-0.2, 0) is 4.79 Å². The molecule has 3 nitrogen and oxygen atoms in total. The van der Waals surface area contributed by atoms with Crippen LogP contribution >= 0.6 is 0 Å². The second-order valence-electron chi connectivity index (χ2n) is 7.03. The molecule has 1 unspecified atom stereocenters. The zero-order chi connectivity index (χ0) is 16.4. The molecule has 0 saturated heterocycles. The number of nitrogens with zero attached hydrogens (tertiary/aromatic N) is 1. The summed E-state index contributed by atoms with van der Waals surface area (Å²) in [6.07, 6.45) is 4.77. The number of carbonyl (C=O) groups excluding carboxylic acids is 1.